The zero-order valence-corrected chi connectivity index (χ0v) is 13.3. The normalized spacial score (nSPS) is 24.4. The monoisotopic (exact) mass is 323 g/mol. The molecule has 112 valence electrons. The van der Waals surface area contributed by atoms with Crippen LogP contribution in [0.2, 0.25) is 4.34 Å². The lowest BCUT2D eigenvalue weighted by molar-refractivity contribution is 0.0940. The van der Waals surface area contributed by atoms with Gasteiger partial charge in [0.15, 0.2) is 0 Å². The minimum absolute atomic E-state index is 0.325. The average molecular weight is 324 g/mol. The second-order valence-corrected chi connectivity index (χ2v) is 7.52. The van der Waals surface area contributed by atoms with Gasteiger partial charge in [-0.1, -0.05) is 11.6 Å². The third-order valence-electron chi connectivity index (χ3n) is 4.24. The third kappa shape index (κ3) is 2.82. The molecule has 4 nitrogen and oxygen atoms in total. The van der Waals surface area contributed by atoms with Gasteiger partial charge >= 0.3 is 0 Å². The van der Waals surface area contributed by atoms with Crippen LogP contribution in [0.3, 0.4) is 0 Å². The molecule has 0 radical (unpaired) electrons. The summed E-state index contributed by atoms with van der Waals surface area (Å²) in [4.78, 5) is 1.42. The van der Waals surface area contributed by atoms with Crippen LogP contribution >= 0.6 is 22.9 Å². The van der Waals surface area contributed by atoms with Gasteiger partial charge in [0.25, 0.3) is 0 Å². The second kappa shape index (κ2) is 5.63. The number of thiophene rings is 1. The summed E-state index contributed by atoms with van der Waals surface area (Å²) in [6.07, 6.45) is 8.87. The standard InChI is InChI=1S/C15H18ClN3OS/c16-15-6-12-13(3-4-14(12)21-15)18-10-7-17-19(8-10)9-11-2-1-5-20-11/h6-8,11,13,18H,1-5,9H2. The van der Waals surface area contributed by atoms with Crippen molar-refractivity contribution < 1.29 is 4.74 Å². The SMILES string of the molecule is Clc1cc2c(s1)CCC2Nc1cnn(CC2CCCO2)c1. The molecule has 1 fully saturated rings. The first-order chi connectivity index (χ1) is 10.3. The smallest absolute Gasteiger partial charge is 0.0934 e. The average Bonchev–Trinajstić information content (AvgIpc) is 3.19. The summed E-state index contributed by atoms with van der Waals surface area (Å²) in [5.41, 5.74) is 2.44. The van der Waals surface area contributed by atoms with Crippen LogP contribution in [0.1, 0.15) is 35.7 Å². The van der Waals surface area contributed by atoms with Crippen molar-refractivity contribution in [1.82, 2.24) is 9.78 Å². The lowest BCUT2D eigenvalue weighted by atomic mass is 10.2. The topological polar surface area (TPSA) is 39.1 Å². The van der Waals surface area contributed by atoms with Crippen molar-refractivity contribution in [2.24, 2.45) is 0 Å². The van der Waals surface area contributed by atoms with Crippen LogP contribution in [0.5, 0.6) is 0 Å². The van der Waals surface area contributed by atoms with Crippen LogP contribution in [-0.4, -0.2) is 22.5 Å². The molecular formula is C15H18ClN3OS. The zero-order valence-electron chi connectivity index (χ0n) is 11.7. The van der Waals surface area contributed by atoms with E-state index in [-0.39, 0.29) is 0 Å². The summed E-state index contributed by atoms with van der Waals surface area (Å²) < 4.78 is 8.52. The molecule has 2 aromatic rings. The van der Waals surface area contributed by atoms with Crippen molar-refractivity contribution >= 4 is 28.6 Å². The van der Waals surface area contributed by atoms with E-state index in [0.717, 1.165) is 42.4 Å². The Bertz CT molecular complexity index is 633. The first-order valence-corrected chi connectivity index (χ1v) is 8.66. The summed E-state index contributed by atoms with van der Waals surface area (Å²) >= 11 is 7.81. The molecule has 0 bridgehead atoms. The van der Waals surface area contributed by atoms with Crippen LogP contribution in [0.15, 0.2) is 18.5 Å². The van der Waals surface area contributed by atoms with Crippen molar-refractivity contribution in [3.8, 4) is 0 Å². The first kappa shape index (κ1) is 13.6. The molecule has 1 N–H and O–H groups in total. The van der Waals surface area contributed by atoms with Gasteiger partial charge in [-0.25, -0.2) is 0 Å². The van der Waals surface area contributed by atoms with Crippen LogP contribution in [-0.2, 0) is 17.7 Å². The summed E-state index contributed by atoms with van der Waals surface area (Å²) in [7, 11) is 0. The number of ether oxygens (including phenoxy) is 1. The molecule has 2 unspecified atom stereocenters. The van der Waals surface area contributed by atoms with Gasteiger partial charge in [-0.05, 0) is 37.3 Å². The predicted octanol–water partition coefficient (Wildman–Crippen LogP) is 3.88. The molecule has 1 aliphatic heterocycles. The number of nitrogens with zero attached hydrogens (tertiary/aromatic N) is 2. The maximum absolute atomic E-state index is 6.11. The molecule has 0 aromatic carbocycles. The molecule has 1 aliphatic carbocycles. The number of halogens is 1. The van der Waals surface area contributed by atoms with E-state index in [1.54, 1.807) is 11.3 Å². The van der Waals surface area contributed by atoms with Gasteiger partial charge in [0.05, 0.1) is 34.9 Å². The molecule has 0 spiro atoms. The highest BCUT2D eigenvalue weighted by Gasteiger charge is 2.25. The lowest BCUT2D eigenvalue weighted by Crippen LogP contribution is -2.15. The fourth-order valence-corrected chi connectivity index (χ4v) is 4.57. The van der Waals surface area contributed by atoms with Crippen molar-refractivity contribution in [2.75, 3.05) is 11.9 Å². The quantitative estimate of drug-likeness (QED) is 0.928. The van der Waals surface area contributed by atoms with E-state index in [2.05, 4.69) is 22.7 Å². The minimum Gasteiger partial charge on any atom is -0.376 e. The van der Waals surface area contributed by atoms with E-state index < -0.39 is 0 Å². The Balaban J connectivity index is 1.42. The number of hydrogen-bond donors (Lipinski definition) is 1. The number of aromatic nitrogens is 2. The number of fused-ring (bicyclic) bond motifs is 1. The van der Waals surface area contributed by atoms with E-state index in [0.29, 0.717) is 12.1 Å². The summed E-state index contributed by atoms with van der Waals surface area (Å²) in [6, 6.07) is 2.47. The van der Waals surface area contributed by atoms with Gasteiger partial charge in [0.2, 0.25) is 0 Å². The molecule has 2 aliphatic rings. The summed E-state index contributed by atoms with van der Waals surface area (Å²) in [6.45, 7) is 1.74. The minimum atomic E-state index is 0.325. The molecule has 3 heterocycles. The van der Waals surface area contributed by atoms with E-state index in [1.165, 1.54) is 16.9 Å². The molecular weight excluding hydrogens is 306 g/mol. The number of anilines is 1. The van der Waals surface area contributed by atoms with E-state index >= 15 is 0 Å². The Morgan fingerprint density at radius 3 is 3.29 bits per heavy atom. The lowest BCUT2D eigenvalue weighted by Gasteiger charge is -2.12. The Hall–Kier alpha value is -1.04. The number of aryl methyl sites for hydroxylation is 1. The summed E-state index contributed by atoms with van der Waals surface area (Å²) in [5.74, 6) is 0. The van der Waals surface area contributed by atoms with Crippen LogP contribution in [0.25, 0.3) is 0 Å². The van der Waals surface area contributed by atoms with Crippen molar-refractivity contribution in [1.29, 1.82) is 0 Å². The van der Waals surface area contributed by atoms with E-state index in [1.807, 2.05) is 10.9 Å². The highest BCUT2D eigenvalue weighted by atomic mass is 35.5. The Labute approximate surface area is 133 Å². The Morgan fingerprint density at radius 2 is 2.43 bits per heavy atom. The molecule has 4 rings (SSSR count). The van der Waals surface area contributed by atoms with Crippen molar-refractivity contribution in [3.63, 3.8) is 0 Å². The number of rotatable bonds is 4. The number of hydrogen-bond acceptors (Lipinski definition) is 4. The predicted molar refractivity (Wildman–Crippen MR) is 85.2 cm³/mol. The molecule has 0 saturated carbocycles. The van der Waals surface area contributed by atoms with E-state index in [9.17, 15) is 0 Å². The highest BCUT2D eigenvalue weighted by Crippen LogP contribution is 2.40. The van der Waals surface area contributed by atoms with Crippen molar-refractivity contribution in [3.05, 3.63) is 33.2 Å². The fraction of sp³-hybridized carbons (Fsp3) is 0.533. The fourth-order valence-electron chi connectivity index (χ4n) is 3.22. The largest absolute Gasteiger partial charge is 0.376 e. The molecule has 6 heteroatoms. The molecule has 0 amide bonds. The molecule has 21 heavy (non-hydrogen) atoms. The summed E-state index contributed by atoms with van der Waals surface area (Å²) in [5, 5.41) is 8.01. The van der Waals surface area contributed by atoms with E-state index in [4.69, 9.17) is 16.3 Å². The van der Waals surface area contributed by atoms with Gasteiger partial charge < -0.3 is 10.1 Å². The number of nitrogens with one attached hydrogen (secondary N) is 1. The molecule has 2 atom stereocenters. The third-order valence-corrected chi connectivity index (χ3v) is 5.58. The molecule has 2 aromatic heterocycles. The zero-order chi connectivity index (χ0) is 14.2. The van der Waals surface area contributed by atoms with Crippen LogP contribution < -0.4 is 5.32 Å². The van der Waals surface area contributed by atoms with Gasteiger partial charge in [-0.15, -0.1) is 11.3 Å². The van der Waals surface area contributed by atoms with Gasteiger partial charge in [0.1, 0.15) is 0 Å². The first-order valence-electron chi connectivity index (χ1n) is 7.46. The van der Waals surface area contributed by atoms with Crippen LogP contribution in [0.4, 0.5) is 5.69 Å². The molecule has 1 saturated heterocycles. The maximum atomic E-state index is 6.11. The van der Waals surface area contributed by atoms with Crippen LogP contribution in [0, 0.1) is 0 Å². The Kier molecular flexibility index (Phi) is 3.65. The second-order valence-electron chi connectivity index (χ2n) is 5.75. The van der Waals surface area contributed by atoms with Gasteiger partial charge in [-0.3, -0.25) is 4.68 Å². The maximum Gasteiger partial charge on any atom is 0.0934 e. The Morgan fingerprint density at radius 1 is 1.48 bits per heavy atom. The van der Waals surface area contributed by atoms with Gasteiger partial charge in [-0.2, -0.15) is 5.10 Å². The van der Waals surface area contributed by atoms with Gasteiger partial charge in [0, 0.05) is 17.7 Å². The van der Waals surface area contributed by atoms with Crippen molar-refractivity contribution in [2.45, 2.75) is 44.4 Å². The highest BCUT2D eigenvalue weighted by molar-refractivity contribution is 7.16.